The maximum atomic E-state index is 4.78. The summed E-state index contributed by atoms with van der Waals surface area (Å²) in [6, 6.07) is 1.17. The Labute approximate surface area is 110 Å². The Hall–Kier alpha value is -0.180. The zero-order chi connectivity index (χ0) is 12.3. The Kier molecular flexibility index (Phi) is 4.78. The van der Waals surface area contributed by atoms with Gasteiger partial charge in [0.25, 0.3) is 0 Å². The third-order valence-corrected chi connectivity index (χ3v) is 5.50. The van der Waals surface area contributed by atoms with Gasteiger partial charge in [0.05, 0.1) is 6.04 Å². The van der Waals surface area contributed by atoms with Crippen molar-refractivity contribution >= 4 is 16.9 Å². The van der Waals surface area contributed by atoms with Crippen molar-refractivity contribution in [2.75, 3.05) is 5.75 Å². The fraction of sp³-hybridized carbons (Fsp3) is 0.929. The fourth-order valence-electron chi connectivity index (χ4n) is 2.75. The molecule has 4 atom stereocenters. The van der Waals surface area contributed by atoms with Crippen molar-refractivity contribution in [1.82, 2.24) is 5.32 Å². The first-order valence-corrected chi connectivity index (χ1v) is 8.14. The van der Waals surface area contributed by atoms with Crippen molar-refractivity contribution in [1.29, 1.82) is 0 Å². The third-order valence-electron chi connectivity index (χ3n) is 4.32. The molecule has 0 aromatic rings. The van der Waals surface area contributed by atoms with Crippen molar-refractivity contribution in [3.8, 4) is 0 Å². The average molecular weight is 254 g/mol. The number of rotatable bonds is 2. The topological polar surface area (TPSA) is 24.4 Å². The summed E-state index contributed by atoms with van der Waals surface area (Å²) in [6.07, 6.45) is 6.84. The molecule has 2 aliphatic rings. The third kappa shape index (κ3) is 3.64. The summed E-state index contributed by atoms with van der Waals surface area (Å²) < 4.78 is 0. The van der Waals surface area contributed by atoms with Crippen LogP contribution in [0, 0.1) is 11.8 Å². The molecule has 1 aliphatic heterocycles. The Balaban J connectivity index is 1.86. The van der Waals surface area contributed by atoms with Crippen LogP contribution in [0.2, 0.25) is 0 Å². The second-order valence-electron chi connectivity index (χ2n) is 5.75. The van der Waals surface area contributed by atoms with Gasteiger partial charge in [0, 0.05) is 11.8 Å². The van der Waals surface area contributed by atoms with E-state index >= 15 is 0 Å². The van der Waals surface area contributed by atoms with Crippen LogP contribution in [0.3, 0.4) is 0 Å². The molecule has 98 valence electrons. The van der Waals surface area contributed by atoms with Gasteiger partial charge in [-0.15, -0.1) is 0 Å². The first-order chi connectivity index (χ1) is 8.19. The Morgan fingerprint density at radius 1 is 1.35 bits per heavy atom. The largest absolute Gasteiger partial charge is 0.362 e. The summed E-state index contributed by atoms with van der Waals surface area (Å²) in [5.74, 6) is 2.88. The van der Waals surface area contributed by atoms with Gasteiger partial charge in [-0.05, 0) is 31.6 Å². The molecule has 0 aromatic carbocycles. The highest BCUT2D eigenvalue weighted by Gasteiger charge is 2.24. The number of thioether (sulfide) groups is 1. The van der Waals surface area contributed by atoms with Gasteiger partial charge < -0.3 is 5.32 Å². The predicted molar refractivity (Wildman–Crippen MR) is 77.7 cm³/mol. The van der Waals surface area contributed by atoms with E-state index in [-0.39, 0.29) is 0 Å². The monoisotopic (exact) mass is 254 g/mol. The van der Waals surface area contributed by atoms with Gasteiger partial charge in [-0.25, -0.2) is 0 Å². The summed E-state index contributed by atoms with van der Waals surface area (Å²) in [6.45, 7) is 6.86. The number of nitrogens with one attached hydrogen (secondary N) is 1. The van der Waals surface area contributed by atoms with Crippen LogP contribution in [-0.2, 0) is 0 Å². The highest BCUT2D eigenvalue weighted by atomic mass is 32.2. The Morgan fingerprint density at radius 2 is 2.18 bits per heavy atom. The molecule has 0 radical (unpaired) electrons. The number of aliphatic imine (C=N–C) groups is 1. The van der Waals surface area contributed by atoms with Gasteiger partial charge in [0.15, 0.2) is 5.17 Å². The maximum absolute atomic E-state index is 4.78. The van der Waals surface area contributed by atoms with Crippen LogP contribution in [0.4, 0.5) is 0 Å². The first kappa shape index (κ1) is 13.3. The Morgan fingerprint density at radius 3 is 2.88 bits per heavy atom. The lowest BCUT2D eigenvalue weighted by atomic mass is 9.84. The quantitative estimate of drug-likeness (QED) is 0.813. The Bertz CT molecular complexity index is 277. The molecule has 1 saturated carbocycles. The molecule has 1 N–H and O–H groups in total. The molecule has 17 heavy (non-hydrogen) atoms. The van der Waals surface area contributed by atoms with Crippen molar-refractivity contribution in [2.45, 2.75) is 65.0 Å². The fourth-order valence-corrected chi connectivity index (χ4v) is 3.94. The minimum absolute atomic E-state index is 0.490. The van der Waals surface area contributed by atoms with E-state index in [4.69, 9.17) is 4.99 Å². The van der Waals surface area contributed by atoms with Crippen molar-refractivity contribution in [3.63, 3.8) is 0 Å². The second kappa shape index (κ2) is 6.12. The molecule has 2 rings (SSSR count). The number of hydrogen-bond acceptors (Lipinski definition) is 3. The summed E-state index contributed by atoms with van der Waals surface area (Å²) in [7, 11) is 0. The average Bonchev–Trinajstić information content (AvgIpc) is 2.34. The molecule has 1 fully saturated rings. The molecular formula is C14H26N2S. The van der Waals surface area contributed by atoms with Gasteiger partial charge in [0.2, 0.25) is 0 Å². The number of hydrogen-bond donors (Lipinski definition) is 1. The van der Waals surface area contributed by atoms with Crippen molar-refractivity contribution in [3.05, 3.63) is 0 Å². The molecule has 1 heterocycles. The van der Waals surface area contributed by atoms with Crippen LogP contribution < -0.4 is 5.32 Å². The van der Waals surface area contributed by atoms with Crippen LogP contribution in [0.15, 0.2) is 4.99 Å². The van der Waals surface area contributed by atoms with E-state index in [1.807, 2.05) is 11.8 Å². The van der Waals surface area contributed by atoms with Crippen LogP contribution in [0.25, 0.3) is 0 Å². The molecule has 0 saturated heterocycles. The predicted octanol–water partition coefficient (Wildman–Crippen LogP) is 3.67. The molecule has 1 aliphatic carbocycles. The lowest BCUT2D eigenvalue weighted by Gasteiger charge is -2.32. The number of nitrogens with zero attached hydrogens (tertiary/aromatic N) is 1. The molecule has 0 amide bonds. The van der Waals surface area contributed by atoms with Crippen LogP contribution >= 0.6 is 11.8 Å². The second-order valence-corrected chi connectivity index (χ2v) is 6.75. The zero-order valence-corrected chi connectivity index (χ0v) is 12.2. The van der Waals surface area contributed by atoms with Crippen LogP contribution in [0.5, 0.6) is 0 Å². The summed E-state index contributed by atoms with van der Waals surface area (Å²) in [5, 5.41) is 4.89. The minimum atomic E-state index is 0.490. The molecule has 0 aromatic heterocycles. The van der Waals surface area contributed by atoms with Gasteiger partial charge in [-0.1, -0.05) is 44.9 Å². The molecule has 0 spiro atoms. The summed E-state index contributed by atoms with van der Waals surface area (Å²) in [4.78, 5) is 4.78. The lowest BCUT2D eigenvalue weighted by molar-refractivity contribution is 0.300. The van der Waals surface area contributed by atoms with E-state index in [0.29, 0.717) is 12.1 Å². The van der Waals surface area contributed by atoms with Crippen molar-refractivity contribution in [2.24, 2.45) is 16.8 Å². The van der Waals surface area contributed by atoms with E-state index < -0.39 is 0 Å². The normalized spacial score (nSPS) is 38.6. The SMILES string of the molecule is CCC1CCCC(NC2=NC(C)C(C)CS2)C1. The highest BCUT2D eigenvalue weighted by molar-refractivity contribution is 8.13. The van der Waals surface area contributed by atoms with E-state index in [1.54, 1.807) is 0 Å². The van der Waals surface area contributed by atoms with Gasteiger partial charge in [0.1, 0.15) is 0 Å². The summed E-state index contributed by atoms with van der Waals surface area (Å²) >= 11 is 1.92. The molecule has 3 heteroatoms. The summed E-state index contributed by atoms with van der Waals surface area (Å²) in [5.41, 5.74) is 0. The maximum Gasteiger partial charge on any atom is 0.157 e. The van der Waals surface area contributed by atoms with E-state index in [1.165, 1.54) is 43.0 Å². The molecule has 0 bridgehead atoms. The van der Waals surface area contributed by atoms with Crippen LogP contribution in [-0.4, -0.2) is 23.0 Å². The van der Waals surface area contributed by atoms with E-state index in [9.17, 15) is 0 Å². The first-order valence-electron chi connectivity index (χ1n) is 7.16. The van der Waals surface area contributed by atoms with E-state index in [0.717, 1.165) is 11.8 Å². The van der Waals surface area contributed by atoms with Gasteiger partial charge >= 0.3 is 0 Å². The molecule has 2 nitrogen and oxygen atoms in total. The highest BCUT2D eigenvalue weighted by Crippen LogP contribution is 2.28. The van der Waals surface area contributed by atoms with Gasteiger partial charge in [-0.2, -0.15) is 0 Å². The van der Waals surface area contributed by atoms with Crippen molar-refractivity contribution < 1.29 is 0 Å². The minimum Gasteiger partial charge on any atom is -0.362 e. The van der Waals surface area contributed by atoms with Crippen LogP contribution in [0.1, 0.15) is 52.9 Å². The van der Waals surface area contributed by atoms with E-state index in [2.05, 4.69) is 26.1 Å². The molecule has 4 unspecified atom stereocenters. The standard InChI is InChI=1S/C14H26N2S/c1-4-12-6-5-7-13(8-12)16-14-15-11(3)10(2)9-17-14/h10-13H,4-9H2,1-3H3,(H,15,16). The number of amidine groups is 1. The molecular weight excluding hydrogens is 228 g/mol. The lowest BCUT2D eigenvalue weighted by Crippen LogP contribution is -2.39. The zero-order valence-electron chi connectivity index (χ0n) is 11.4. The smallest absolute Gasteiger partial charge is 0.157 e. The van der Waals surface area contributed by atoms with Gasteiger partial charge in [-0.3, -0.25) is 4.99 Å².